The molecule has 0 saturated heterocycles. The number of methoxy groups -OCH3 is 1. The van der Waals surface area contributed by atoms with E-state index in [1.807, 2.05) is 12.1 Å². The Morgan fingerprint density at radius 2 is 1.75 bits per heavy atom. The van der Waals surface area contributed by atoms with E-state index in [0.717, 1.165) is 32.5 Å². The summed E-state index contributed by atoms with van der Waals surface area (Å²) in [7, 11) is 0.329. The third-order valence-electron chi connectivity index (χ3n) is 3.71. The SMILES string of the molecule is CCC(CC)N(CCOC)Cc1ccc(B(O)O)cc1. The molecule has 0 spiro atoms. The molecule has 4 nitrogen and oxygen atoms in total. The van der Waals surface area contributed by atoms with E-state index in [4.69, 9.17) is 14.8 Å². The van der Waals surface area contributed by atoms with E-state index in [1.54, 1.807) is 19.2 Å². The lowest BCUT2D eigenvalue weighted by Crippen LogP contribution is -2.36. The first kappa shape index (κ1) is 17.2. The van der Waals surface area contributed by atoms with Crippen LogP contribution in [0, 0.1) is 0 Å². The van der Waals surface area contributed by atoms with E-state index in [0.29, 0.717) is 11.5 Å². The summed E-state index contributed by atoms with van der Waals surface area (Å²) in [6.45, 7) is 6.91. The molecule has 0 fully saturated rings. The molecule has 0 aliphatic heterocycles. The second kappa shape index (κ2) is 9.13. The fraction of sp³-hybridized carbons (Fsp3) is 0.600. The lowest BCUT2D eigenvalue weighted by molar-refractivity contribution is 0.110. The number of hydrogen-bond donors (Lipinski definition) is 2. The zero-order valence-electron chi connectivity index (χ0n) is 12.7. The van der Waals surface area contributed by atoms with Gasteiger partial charge in [0, 0.05) is 26.2 Å². The maximum Gasteiger partial charge on any atom is 0.488 e. The molecule has 1 aromatic rings. The lowest BCUT2D eigenvalue weighted by atomic mass is 9.80. The summed E-state index contributed by atoms with van der Waals surface area (Å²) in [5.74, 6) is 0. The summed E-state index contributed by atoms with van der Waals surface area (Å²) in [6.07, 6.45) is 2.24. The monoisotopic (exact) mass is 279 g/mol. The lowest BCUT2D eigenvalue weighted by Gasteiger charge is -2.30. The van der Waals surface area contributed by atoms with E-state index < -0.39 is 7.12 Å². The third kappa shape index (κ3) is 5.25. The van der Waals surface area contributed by atoms with Gasteiger partial charge < -0.3 is 14.8 Å². The minimum absolute atomic E-state index is 0.528. The molecule has 1 aromatic carbocycles. The van der Waals surface area contributed by atoms with Gasteiger partial charge in [0.1, 0.15) is 0 Å². The summed E-state index contributed by atoms with van der Waals surface area (Å²) < 4.78 is 5.19. The molecule has 0 aromatic heterocycles. The minimum Gasteiger partial charge on any atom is -0.423 e. The van der Waals surface area contributed by atoms with Crippen molar-refractivity contribution < 1.29 is 14.8 Å². The van der Waals surface area contributed by atoms with Crippen molar-refractivity contribution >= 4 is 12.6 Å². The Morgan fingerprint density at radius 1 is 1.15 bits per heavy atom. The maximum absolute atomic E-state index is 9.11. The second-order valence-electron chi connectivity index (χ2n) is 5.05. The number of ether oxygens (including phenoxy) is 1. The van der Waals surface area contributed by atoms with Gasteiger partial charge in [-0.3, -0.25) is 4.90 Å². The van der Waals surface area contributed by atoms with Gasteiger partial charge in [-0.05, 0) is 23.9 Å². The fourth-order valence-electron chi connectivity index (χ4n) is 2.43. The Hall–Kier alpha value is -0.875. The van der Waals surface area contributed by atoms with Crippen LogP contribution in [-0.4, -0.2) is 48.4 Å². The largest absolute Gasteiger partial charge is 0.488 e. The van der Waals surface area contributed by atoms with Gasteiger partial charge in [-0.25, -0.2) is 0 Å². The summed E-state index contributed by atoms with van der Waals surface area (Å²) in [5.41, 5.74) is 1.71. The van der Waals surface area contributed by atoms with Crippen molar-refractivity contribution in [2.24, 2.45) is 0 Å². The Morgan fingerprint density at radius 3 is 2.20 bits per heavy atom. The first-order valence-corrected chi connectivity index (χ1v) is 7.30. The van der Waals surface area contributed by atoms with Gasteiger partial charge in [-0.1, -0.05) is 38.1 Å². The first-order chi connectivity index (χ1) is 9.62. The van der Waals surface area contributed by atoms with Crippen molar-refractivity contribution in [1.82, 2.24) is 4.90 Å². The molecule has 0 amide bonds. The van der Waals surface area contributed by atoms with Gasteiger partial charge in [0.25, 0.3) is 0 Å². The van der Waals surface area contributed by atoms with Crippen LogP contribution in [0.15, 0.2) is 24.3 Å². The average Bonchev–Trinajstić information content (AvgIpc) is 2.46. The Balaban J connectivity index is 2.72. The van der Waals surface area contributed by atoms with E-state index >= 15 is 0 Å². The van der Waals surface area contributed by atoms with Gasteiger partial charge in [0.2, 0.25) is 0 Å². The topological polar surface area (TPSA) is 52.9 Å². The van der Waals surface area contributed by atoms with Crippen LogP contribution in [0.25, 0.3) is 0 Å². The normalized spacial score (nSPS) is 11.3. The molecular weight excluding hydrogens is 253 g/mol. The van der Waals surface area contributed by atoms with Crippen LogP contribution in [0.4, 0.5) is 0 Å². The van der Waals surface area contributed by atoms with Crippen molar-refractivity contribution in [2.75, 3.05) is 20.3 Å². The van der Waals surface area contributed by atoms with Crippen molar-refractivity contribution in [3.8, 4) is 0 Å². The van der Waals surface area contributed by atoms with Crippen LogP contribution in [0.2, 0.25) is 0 Å². The molecule has 0 atom stereocenters. The van der Waals surface area contributed by atoms with Crippen LogP contribution < -0.4 is 5.46 Å². The minimum atomic E-state index is -1.40. The second-order valence-corrected chi connectivity index (χ2v) is 5.05. The van der Waals surface area contributed by atoms with Crippen molar-refractivity contribution in [1.29, 1.82) is 0 Å². The molecule has 0 bridgehead atoms. The van der Waals surface area contributed by atoms with E-state index in [2.05, 4.69) is 18.7 Å². The molecule has 0 unspecified atom stereocenters. The smallest absolute Gasteiger partial charge is 0.423 e. The quantitative estimate of drug-likeness (QED) is 0.662. The standard InChI is InChI=1S/C15H26BNO3/c1-4-15(5-2)17(10-11-20-3)12-13-6-8-14(9-7-13)16(18)19/h6-9,15,18-19H,4-5,10-12H2,1-3H3. The van der Waals surface area contributed by atoms with E-state index in [1.165, 1.54) is 5.56 Å². The van der Waals surface area contributed by atoms with Crippen LogP contribution in [-0.2, 0) is 11.3 Å². The highest BCUT2D eigenvalue weighted by Crippen LogP contribution is 2.13. The summed E-state index contributed by atoms with van der Waals surface area (Å²) >= 11 is 0. The maximum atomic E-state index is 9.11. The number of rotatable bonds is 9. The van der Waals surface area contributed by atoms with Crippen molar-refractivity contribution in [3.05, 3.63) is 29.8 Å². The molecule has 2 N–H and O–H groups in total. The van der Waals surface area contributed by atoms with Gasteiger partial charge in [-0.2, -0.15) is 0 Å². The molecule has 0 radical (unpaired) electrons. The van der Waals surface area contributed by atoms with Crippen molar-refractivity contribution in [3.63, 3.8) is 0 Å². The zero-order chi connectivity index (χ0) is 15.0. The predicted octanol–water partition coefficient (Wildman–Crippen LogP) is 1.00. The summed E-state index contributed by atoms with van der Waals surface area (Å²) in [5, 5.41) is 18.2. The number of nitrogens with zero attached hydrogens (tertiary/aromatic N) is 1. The highest BCUT2D eigenvalue weighted by molar-refractivity contribution is 6.58. The highest BCUT2D eigenvalue weighted by atomic mass is 16.5. The van der Waals surface area contributed by atoms with Crippen LogP contribution in [0.3, 0.4) is 0 Å². The molecule has 112 valence electrons. The number of benzene rings is 1. The molecule has 20 heavy (non-hydrogen) atoms. The molecule has 0 heterocycles. The van der Waals surface area contributed by atoms with Crippen LogP contribution in [0.1, 0.15) is 32.3 Å². The molecule has 1 rings (SSSR count). The Bertz CT molecular complexity index is 366. The van der Waals surface area contributed by atoms with Crippen LogP contribution in [0.5, 0.6) is 0 Å². The fourth-order valence-corrected chi connectivity index (χ4v) is 2.43. The van der Waals surface area contributed by atoms with Gasteiger partial charge in [-0.15, -0.1) is 0 Å². The van der Waals surface area contributed by atoms with E-state index in [-0.39, 0.29) is 0 Å². The number of hydrogen-bond acceptors (Lipinski definition) is 4. The predicted molar refractivity (Wildman–Crippen MR) is 82.9 cm³/mol. The van der Waals surface area contributed by atoms with Gasteiger partial charge in [0.05, 0.1) is 6.61 Å². The highest BCUT2D eigenvalue weighted by Gasteiger charge is 2.16. The molecular formula is C15H26BNO3. The summed E-state index contributed by atoms with van der Waals surface area (Å²) in [4.78, 5) is 2.42. The van der Waals surface area contributed by atoms with Gasteiger partial charge in [0.15, 0.2) is 0 Å². The molecule has 5 heteroatoms. The third-order valence-corrected chi connectivity index (χ3v) is 3.71. The molecule has 0 saturated carbocycles. The van der Waals surface area contributed by atoms with Crippen LogP contribution >= 0.6 is 0 Å². The molecule has 0 aliphatic rings. The molecule has 0 aliphatic carbocycles. The Labute approximate surface area is 122 Å². The first-order valence-electron chi connectivity index (χ1n) is 7.30. The van der Waals surface area contributed by atoms with E-state index in [9.17, 15) is 0 Å². The Kier molecular flexibility index (Phi) is 7.84. The van der Waals surface area contributed by atoms with Crippen molar-refractivity contribution in [2.45, 2.75) is 39.3 Å². The van der Waals surface area contributed by atoms with Gasteiger partial charge >= 0.3 is 7.12 Å². The summed E-state index contributed by atoms with van der Waals surface area (Å²) in [6, 6.07) is 7.99. The average molecular weight is 279 g/mol. The zero-order valence-corrected chi connectivity index (χ0v) is 12.7.